The summed E-state index contributed by atoms with van der Waals surface area (Å²) in [5.41, 5.74) is 2.30. The van der Waals surface area contributed by atoms with Gasteiger partial charge in [-0.2, -0.15) is 0 Å². The second kappa shape index (κ2) is 5.68. The molecule has 15 heavy (non-hydrogen) atoms. The number of rotatable bonds is 5. The molecule has 84 valence electrons. The molecule has 1 heterocycles. The molecular formula is C11H19N3O. The third-order valence-electron chi connectivity index (χ3n) is 2.11. The van der Waals surface area contributed by atoms with Gasteiger partial charge in [-0.1, -0.05) is 0 Å². The average molecular weight is 209 g/mol. The van der Waals surface area contributed by atoms with Crippen LogP contribution in [0.4, 0.5) is 5.69 Å². The minimum atomic E-state index is -0.315. The van der Waals surface area contributed by atoms with Gasteiger partial charge in [0.15, 0.2) is 0 Å². The molecule has 0 aliphatic rings. The Labute approximate surface area is 90.9 Å². The fraction of sp³-hybridized carbons (Fsp3) is 0.545. The van der Waals surface area contributed by atoms with Gasteiger partial charge >= 0.3 is 0 Å². The number of pyridine rings is 1. The maximum atomic E-state index is 9.12. The quantitative estimate of drug-likeness (QED) is 0.746. The number of anilines is 1. The minimum absolute atomic E-state index is 0.315. The van der Waals surface area contributed by atoms with Crippen LogP contribution >= 0.6 is 0 Å². The first-order valence-electron chi connectivity index (χ1n) is 5.10. The number of aliphatic hydroxyl groups is 1. The zero-order valence-corrected chi connectivity index (χ0v) is 9.57. The number of nitrogens with one attached hydrogen (secondary N) is 1. The summed E-state index contributed by atoms with van der Waals surface area (Å²) < 4.78 is 0. The van der Waals surface area contributed by atoms with Crippen LogP contribution in [0.5, 0.6) is 0 Å². The van der Waals surface area contributed by atoms with Gasteiger partial charge in [0.1, 0.15) is 0 Å². The van der Waals surface area contributed by atoms with Crippen LogP contribution in [0.3, 0.4) is 0 Å². The molecule has 0 amide bonds. The normalized spacial score (nSPS) is 12.5. The molecule has 1 aromatic rings. The third-order valence-corrected chi connectivity index (χ3v) is 2.11. The van der Waals surface area contributed by atoms with E-state index < -0.39 is 0 Å². The van der Waals surface area contributed by atoms with E-state index in [0.29, 0.717) is 6.54 Å². The van der Waals surface area contributed by atoms with Crippen LogP contribution in [0, 0.1) is 0 Å². The summed E-state index contributed by atoms with van der Waals surface area (Å²) in [5.74, 6) is 0. The Morgan fingerprint density at radius 1 is 1.53 bits per heavy atom. The SMILES string of the molecule is C[C@H](O)CNCc1cnccc1N(C)C. The molecule has 0 fully saturated rings. The van der Waals surface area contributed by atoms with E-state index in [4.69, 9.17) is 5.11 Å². The summed E-state index contributed by atoms with van der Waals surface area (Å²) >= 11 is 0. The van der Waals surface area contributed by atoms with Crippen molar-refractivity contribution in [3.63, 3.8) is 0 Å². The second-order valence-corrected chi connectivity index (χ2v) is 3.88. The maximum absolute atomic E-state index is 9.12. The molecule has 4 nitrogen and oxygen atoms in total. The fourth-order valence-electron chi connectivity index (χ4n) is 1.41. The van der Waals surface area contributed by atoms with Crippen LogP contribution < -0.4 is 10.2 Å². The van der Waals surface area contributed by atoms with Crippen molar-refractivity contribution >= 4 is 5.69 Å². The molecule has 1 atom stereocenters. The van der Waals surface area contributed by atoms with Gasteiger partial charge in [-0.15, -0.1) is 0 Å². The van der Waals surface area contributed by atoms with Crippen molar-refractivity contribution in [3.8, 4) is 0 Å². The lowest BCUT2D eigenvalue weighted by molar-refractivity contribution is 0.191. The molecule has 2 N–H and O–H groups in total. The molecule has 0 bridgehead atoms. The first-order valence-corrected chi connectivity index (χ1v) is 5.10. The standard InChI is InChI=1S/C11H19N3O/c1-9(15)6-13-8-10-7-12-5-4-11(10)14(2)3/h4-5,7,9,13,15H,6,8H2,1-3H3/t9-/m0/s1. The van der Waals surface area contributed by atoms with Gasteiger partial charge in [-0.3, -0.25) is 4.98 Å². The van der Waals surface area contributed by atoms with E-state index in [0.717, 1.165) is 17.8 Å². The van der Waals surface area contributed by atoms with E-state index in [1.807, 2.05) is 26.4 Å². The van der Waals surface area contributed by atoms with Crippen molar-refractivity contribution in [1.29, 1.82) is 0 Å². The molecule has 0 aliphatic heterocycles. The average Bonchev–Trinajstić information content (AvgIpc) is 2.17. The highest BCUT2D eigenvalue weighted by molar-refractivity contribution is 5.50. The molecule has 0 aliphatic carbocycles. The number of hydrogen-bond acceptors (Lipinski definition) is 4. The van der Waals surface area contributed by atoms with Gasteiger partial charge in [-0.25, -0.2) is 0 Å². The van der Waals surface area contributed by atoms with E-state index in [-0.39, 0.29) is 6.10 Å². The summed E-state index contributed by atoms with van der Waals surface area (Å²) in [6.07, 6.45) is 3.32. The Balaban J connectivity index is 2.59. The highest BCUT2D eigenvalue weighted by Gasteiger charge is 2.03. The predicted octanol–water partition coefficient (Wildman–Crippen LogP) is 0.618. The first-order chi connectivity index (χ1) is 7.11. The lowest BCUT2D eigenvalue weighted by Crippen LogP contribution is -2.25. The van der Waals surface area contributed by atoms with Crippen LogP contribution in [-0.4, -0.2) is 36.8 Å². The first kappa shape index (κ1) is 11.9. The summed E-state index contributed by atoms with van der Waals surface area (Å²) in [7, 11) is 4.01. The van der Waals surface area contributed by atoms with E-state index in [9.17, 15) is 0 Å². The number of nitrogens with zero attached hydrogens (tertiary/aromatic N) is 2. The molecule has 0 spiro atoms. The lowest BCUT2D eigenvalue weighted by Gasteiger charge is -2.17. The fourth-order valence-corrected chi connectivity index (χ4v) is 1.41. The predicted molar refractivity (Wildman–Crippen MR) is 62.0 cm³/mol. The van der Waals surface area contributed by atoms with Gasteiger partial charge in [0, 0.05) is 50.8 Å². The van der Waals surface area contributed by atoms with Crippen LogP contribution in [0.2, 0.25) is 0 Å². The molecule has 0 saturated heterocycles. The third kappa shape index (κ3) is 3.85. The van der Waals surface area contributed by atoms with Crippen molar-refractivity contribution in [2.24, 2.45) is 0 Å². The van der Waals surface area contributed by atoms with Crippen molar-refractivity contribution in [3.05, 3.63) is 24.0 Å². The van der Waals surface area contributed by atoms with Crippen LogP contribution in [0.25, 0.3) is 0 Å². The monoisotopic (exact) mass is 209 g/mol. The minimum Gasteiger partial charge on any atom is -0.392 e. The van der Waals surface area contributed by atoms with E-state index in [1.54, 1.807) is 13.1 Å². The van der Waals surface area contributed by atoms with Crippen molar-refractivity contribution in [2.45, 2.75) is 19.6 Å². The van der Waals surface area contributed by atoms with E-state index in [1.165, 1.54) is 0 Å². The molecule has 1 rings (SSSR count). The van der Waals surface area contributed by atoms with Crippen molar-refractivity contribution in [2.75, 3.05) is 25.5 Å². The lowest BCUT2D eigenvalue weighted by atomic mass is 10.2. The Morgan fingerprint density at radius 3 is 2.87 bits per heavy atom. The smallest absolute Gasteiger partial charge is 0.0636 e. The molecule has 0 saturated carbocycles. The van der Waals surface area contributed by atoms with E-state index in [2.05, 4.69) is 15.2 Å². The van der Waals surface area contributed by atoms with Gasteiger partial charge in [0.25, 0.3) is 0 Å². The summed E-state index contributed by atoms with van der Waals surface area (Å²) in [5, 5.41) is 12.3. The highest BCUT2D eigenvalue weighted by Crippen LogP contribution is 2.15. The topological polar surface area (TPSA) is 48.4 Å². The molecule has 4 heteroatoms. The van der Waals surface area contributed by atoms with Gasteiger partial charge < -0.3 is 15.3 Å². The Hall–Kier alpha value is -1.13. The molecule has 0 unspecified atom stereocenters. The highest BCUT2D eigenvalue weighted by atomic mass is 16.3. The van der Waals surface area contributed by atoms with Gasteiger partial charge in [0.05, 0.1) is 6.10 Å². The van der Waals surface area contributed by atoms with Crippen LogP contribution in [0.15, 0.2) is 18.5 Å². The van der Waals surface area contributed by atoms with Crippen molar-refractivity contribution in [1.82, 2.24) is 10.3 Å². The number of aromatic nitrogens is 1. The molecule has 0 radical (unpaired) electrons. The molecule has 1 aromatic heterocycles. The Kier molecular flexibility index (Phi) is 4.52. The van der Waals surface area contributed by atoms with Gasteiger partial charge in [-0.05, 0) is 13.0 Å². The molecule has 0 aromatic carbocycles. The maximum Gasteiger partial charge on any atom is 0.0636 e. The Morgan fingerprint density at radius 2 is 2.27 bits per heavy atom. The van der Waals surface area contributed by atoms with Crippen LogP contribution in [-0.2, 0) is 6.54 Å². The summed E-state index contributed by atoms with van der Waals surface area (Å²) in [6, 6.07) is 1.99. The number of aliphatic hydroxyl groups excluding tert-OH is 1. The zero-order valence-electron chi connectivity index (χ0n) is 9.57. The van der Waals surface area contributed by atoms with Gasteiger partial charge in [0.2, 0.25) is 0 Å². The molecular weight excluding hydrogens is 190 g/mol. The largest absolute Gasteiger partial charge is 0.392 e. The second-order valence-electron chi connectivity index (χ2n) is 3.88. The number of hydrogen-bond donors (Lipinski definition) is 2. The van der Waals surface area contributed by atoms with E-state index >= 15 is 0 Å². The summed E-state index contributed by atoms with van der Waals surface area (Å²) in [6.45, 7) is 3.09. The Bertz CT molecular complexity index is 300. The van der Waals surface area contributed by atoms with Crippen LogP contribution in [0.1, 0.15) is 12.5 Å². The van der Waals surface area contributed by atoms with Crippen molar-refractivity contribution < 1.29 is 5.11 Å². The zero-order chi connectivity index (χ0) is 11.3. The summed E-state index contributed by atoms with van der Waals surface area (Å²) in [4.78, 5) is 6.15.